The summed E-state index contributed by atoms with van der Waals surface area (Å²) >= 11 is 0. The number of benzene rings is 1. The molecule has 118 valence electrons. The number of amides is 1. The minimum absolute atomic E-state index is 0.0466. The standard InChI is InChI=1S/C17H23N3O2/c1-13(2)14-5-7-16(8-6-14)20-17(21)15(11-18)12-19-9-4-10-22-3/h5-8,12-13,19H,4,9-10H2,1-3H3,(H,20,21)/b15-12-. The van der Waals surface area contributed by atoms with Crippen LogP contribution in [-0.2, 0) is 9.53 Å². The number of hydrogen-bond acceptors (Lipinski definition) is 4. The Bertz CT molecular complexity index is 542. The molecular weight excluding hydrogens is 278 g/mol. The first kappa shape index (κ1) is 17.7. The zero-order valence-electron chi connectivity index (χ0n) is 13.3. The van der Waals surface area contributed by atoms with Crippen LogP contribution in [0.25, 0.3) is 0 Å². The lowest BCUT2D eigenvalue weighted by molar-refractivity contribution is -0.112. The molecule has 0 fully saturated rings. The second-order valence-electron chi connectivity index (χ2n) is 5.20. The summed E-state index contributed by atoms with van der Waals surface area (Å²) in [5.74, 6) is 0.0228. The van der Waals surface area contributed by atoms with E-state index in [1.165, 1.54) is 11.8 Å². The van der Waals surface area contributed by atoms with Crippen LogP contribution in [0.15, 0.2) is 36.0 Å². The van der Waals surface area contributed by atoms with Gasteiger partial charge in [0.25, 0.3) is 5.91 Å². The highest BCUT2D eigenvalue weighted by Gasteiger charge is 2.09. The molecule has 0 atom stereocenters. The molecule has 1 aromatic carbocycles. The molecule has 1 amide bonds. The fourth-order valence-corrected chi connectivity index (χ4v) is 1.79. The van der Waals surface area contributed by atoms with E-state index in [2.05, 4.69) is 24.5 Å². The SMILES string of the molecule is COCCCN/C=C(/C#N)C(=O)Nc1ccc(C(C)C)cc1. The van der Waals surface area contributed by atoms with E-state index in [0.29, 0.717) is 24.8 Å². The maximum absolute atomic E-state index is 12.0. The first-order chi connectivity index (χ1) is 10.6. The van der Waals surface area contributed by atoms with Crippen LogP contribution in [0.1, 0.15) is 31.7 Å². The van der Waals surface area contributed by atoms with Gasteiger partial charge in [-0.15, -0.1) is 0 Å². The topological polar surface area (TPSA) is 74.1 Å². The molecule has 0 spiro atoms. The molecule has 0 unspecified atom stereocenters. The van der Waals surface area contributed by atoms with Crippen molar-refractivity contribution in [2.45, 2.75) is 26.2 Å². The van der Waals surface area contributed by atoms with E-state index >= 15 is 0 Å². The summed E-state index contributed by atoms with van der Waals surface area (Å²) < 4.78 is 4.92. The Morgan fingerprint density at radius 1 is 1.36 bits per heavy atom. The third-order valence-corrected chi connectivity index (χ3v) is 3.12. The number of rotatable bonds is 8. The van der Waals surface area contributed by atoms with Crippen molar-refractivity contribution in [3.05, 3.63) is 41.6 Å². The molecule has 0 saturated heterocycles. The predicted octanol–water partition coefficient (Wildman–Crippen LogP) is 2.78. The van der Waals surface area contributed by atoms with Crippen LogP contribution < -0.4 is 10.6 Å². The number of nitrogens with zero attached hydrogens (tertiary/aromatic N) is 1. The van der Waals surface area contributed by atoms with Crippen LogP contribution in [0.5, 0.6) is 0 Å². The van der Waals surface area contributed by atoms with E-state index in [4.69, 9.17) is 10.00 Å². The molecule has 2 N–H and O–H groups in total. The van der Waals surface area contributed by atoms with Gasteiger partial charge in [0.2, 0.25) is 0 Å². The summed E-state index contributed by atoms with van der Waals surface area (Å²) in [5, 5.41) is 14.7. The molecule has 5 heteroatoms. The molecule has 1 rings (SSSR count). The van der Waals surface area contributed by atoms with Crippen LogP contribution >= 0.6 is 0 Å². The Morgan fingerprint density at radius 2 is 2.05 bits per heavy atom. The first-order valence-electron chi connectivity index (χ1n) is 7.32. The van der Waals surface area contributed by atoms with Gasteiger partial charge in [0.15, 0.2) is 0 Å². The van der Waals surface area contributed by atoms with Crippen molar-refractivity contribution in [3.63, 3.8) is 0 Å². The lowest BCUT2D eigenvalue weighted by Crippen LogP contribution is -2.17. The highest BCUT2D eigenvalue weighted by Crippen LogP contribution is 2.17. The van der Waals surface area contributed by atoms with Crippen molar-refractivity contribution in [1.82, 2.24) is 5.32 Å². The van der Waals surface area contributed by atoms with Crippen LogP contribution in [0, 0.1) is 11.3 Å². The Hall–Kier alpha value is -2.32. The fraction of sp³-hybridized carbons (Fsp3) is 0.412. The quantitative estimate of drug-likeness (QED) is 0.440. The van der Waals surface area contributed by atoms with Crippen molar-refractivity contribution in [2.75, 3.05) is 25.6 Å². The van der Waals surface area contributed by atoms with Crippen LogP contribution in [-0.4, -0.2) is 26.2 Å². The van der Waals surface area contributed by atoms with Crippen molar-refractivity contribution in [1.29, 1.82) is 5.26 Å². The smallest absolute Gasteiger partial charge is 0.267 e. The van der Waals surface area contributed by atoms with Gasteiger partial charge in [-0.2, -0.15) is 5.26 Å². The molecule has 0 bridgehead atoms. The Morgan fingerprint density at radius 3 is 2.59 bits per heavy atom. The Labute approximate surface area is 132 Å². The molecule has 0 aromatic heterocycles. The first-order valence-corrected chi connectivity index (χ1v) is 7.32. The molecule has 0 saturated carbocycles. The Kier molecular flexibility index (Phi) is 7.73. The third-order valence-electron chi connectivity index (χ3n) is 3.12. The molecule has 22 heavy (non-hydrogen) atoms. The number of nitrogens with one attached hydrogen (secondary N) is 2. The number of methoxy groups -OCH3 is 1. The van der Waals surface area contributed by atoms with Crippen LogP contribution in [0.2, 0.25) is 0 Å². The highest BCUT2D eigenvalue weighted by atomic mass is 16.5. The number of hydrogen-bond donors (Lipinski definition) is 2. The molecule has 0 heterocycles. The van der Waals surface area contributed by atoms with Gasteiger partial charge in [0, 0.05) is 32.1 Å². The normalized spacial score (nSPS) is 11.1. The van der Waals surface area contributed by atoms with Crippen molar-refractivity contribution >= 4 is 11.6 Å². The van der Waals surface area contributed by atoms with E-state index in [1.54, 1.807) is 7.11 Å². The average Bonchev–Trinajstić information content (AvgIpc) is 2.51. The molecule has 0 aliphatic heterocycles. The van der Waals surface area contributed by atoms with Crippen molar-refractivity contribution in [2.24, 2.45) is 0 Å². The number of anilines is 1. The fourth-order valence-electron chi connectivity index (χ4n) is 1.79. The lowest BCUT2D eigenvalue weighted by atomic mass is 10.0. The lowest BCUT2D eigenvalue weighted by Gasteiger charge is -2.08. The number of carbonyl (C=O) groups is 1. The summed E-state index contributed by atoms with van der Waals surface area (Å²) in [6, 6.07) is 9.52. The summed E-state index contributed by atoms with van der Waals surface area (Å²) in [5.41, 5.74) is 1.93. The summed E-state index contributed by atoms with van der Waals surface area (Å²) in [6.07, 6.45) is 2.25. The number of carbonyl (C=O) groups excluding carboxylic acids is 1. The average molecular weight is 301 g/mol. The molecular formula is C17H23N3O2. The van der Waals surface area contributed by atoms with Gasteiger partial charge in [0.05, 0.1) is 0 Å². The third kappa shape index (κ3) is 5.98. The molecule has 0 aliphatic rings. The monoisotopic (exact) mass is 301 g/mol. The van der Waals surface area contributed by atoms with Crippen LogP contribution in [0.4, 0.5) is 5.69 Å². The second-order valence-corrected chi connectivity index (χ2v) is 5.20. The van der Waals surface area contributed by atoms with Crippen LogP contribution in [0.3, 0.4) is 0 Å². The largest absolute Gasteiger partial charge is 0.390 e. The van der Waals surface area contributed by atoms with Gasteiger partial charge in [-0.25, -0.2) is 0 Å². The second kappa shape index (κ2) is 9.59. The Balaban J connectivity index is 2.57. The van der Waals surface area contributed by atoms with Gasteiger partial charge in [-0.1, -0.05) is 26.0 Å². The molecule has 0 radical (unpaired) electrons. The predicted molar refractivity (Wildman–Crippen MR) is 87.4 cm³/mol. The number of nitriles is 1. The van der Waals surface area contributed by atoms with Gasteiger partial charge in [0.1, 0.15) is 11.6 Å². The van der Waals surface area contributed by atoms with Gasteiger partial charge in [-0.3, -0.25) is 4.79 Å². The summed E-state index contributed by atoms with van der Waals surface area (Å²) in [7, 11) is 1.63. The zero-order valence-corrected chi connectivity index (χ0v) is 13.3. The van der Waals surface area contributed by atoms with E-state index in [9.17, 15) is 4.79 Å². The molecule has 0 aliphatic carbocycles. The number of ether oxygens (including phenoxy) is 1. The van der Waals surface area contributed by atoms with E-state index in [-0.39, 0.29) is 5.57 Å². The maximum atomic E-state index is 12.0. The summed E-state index contributed by atoms with van der Waals surface area (Å²) in [4.78, 5) is 12.0. The maximum Gasteiger partial charge on any atom is 0.267 e. The zero-order chi connectivity index (χ0) is 16.4. The molecule has 5 nitrogen and oxygen atoms in total. The minimum atomic E-state index is -0.418. The highest BCUT2D eigenvalue weighted by molar-refractivity contribution is 6.06. The van der Waals surface area contributed by atoms with Crippen molar-refractivity contribution < 1.29 is 9.53 Å². The minimum Gasteiger partial charge on any atom is -0.390 e. The van der Waals surface area contributed by atoms with E-state index < -0.39 is 5.91 Å². The van der Waals surface area contributed by atoms with E-state index in [0.717, 1.165) is 6.42 Å². The van der Waals surface area contributed by atoms with Gasteiger partial charge < -0.3 is 15.4 Å². The van der Waals surface area contributed by atoms with Crippen molar-refractivity contribution in [3.8, 4) is 6.07 Å². The van der Waals surface area contributed by atoms with Gasteiger partial charge in [-0.05, 0) is 30.0 Å². The molecule has 1 aromatic rings. The summed E-state index contributed by atoms with van der Waals surface area (Å²) in [6.45, 7) is 5.51. The van der Waals surface area contributed by atoms with Gasteiger partial charge >= 0.3 is 0 Å². The van der Waals surface area contributed by atoms with E-state index in [1.807, 2.05) is 30.3 Å².